The van der Waals surface area contributed by atoms with E-state index in [1.807, 2.05) is 0 Å². The Morgan fingerprint density at radius 2 is 1.89 bits per heavy atom. The van der Waals surface area contributed by atoms with Gasteiger partial charge in [-0.2, -0.15) is 0 Å². The molecule has 146 valence electrons. The van der Waals surface area contributed by atoms with Crippen molar-refractivity contribution >= 4 is 34.3 Å². The molecule has 1 heterocycles. The fraction of sp³-hybridized carbons (Fsp3) is 0.421. The molecule has 0 saturated carbocycles. The van der Waals surface area contributed by atoms with Crippen LogP contribution in [0.3, 0.4) is 0 Å². The number of carbonyl (C=O) groups excluding carboxylic acids is 2. The summed E-state index contributed by atoms with van der Waals surface area (Å²) in [6.45, 7) is 2.09. The highest BCUT2D eigenvalue weighted by molar-refractivity contribution is 6.31. The van der Waals surface area contributed by atoms with E-state index < -0.39 is 28.7 Å². The van der Waals surface area contributed by atoms with Crippen LogP contribution in [-0.2, 0) is 11.8 Å². The Balaban J connectivity index is 2.29. The number of aromatic hydroxyl groups is 1. The normalized spacial score (nSPS) is 11.0. The first kappa shape index (κ1) is 20.9. The smallest absolute Gasteiger partial charge is 0.284 e. The highest BCUT2D eigenvalue weighted by atomic mass is 35.5. The zero-order valence-electron chi connectivity index (χ0n) is 15.5. The van der Waals surface area contributed by atoms with Gasteiger partial charge in [-0.05, 0) is 24.6 Å². The summed E-state index contributed by atoms with van der Waals surface area (Å²) >= 11 is 5.95. The summed E-state index contributed by atoms with van der Waals surface area (Å²) < 4.78 is 1.21. The minimum absolute atomic E-state index is 0.104. The second-order valence-electron chi connectivity index (χ2n) is 6.48. The van der Waals surface area contributed by atoms with Gasteiger partial charge in [0.05, 0.1) is 5.52 Å². The lowest BCUT2D eigenvalue weighted by Gasteiger charge is -2.17. The van der Waals surface area contributed by atoms with Gasteiger partial charge in [-0.25, -0.2) is 10.9 Å². The number of imide groups is 1. The molecule has 2 amide bonds. The lowest BCUT2D eigenvalue weighted by atomic mass is 10.1. The van der Waals surface area contributed by atoms with Crippen molar-refractivity contribution in [2.45, 2.75) is 45.4 Å². The fourth-order valence-electron chi connectivity index (χ4n) is 2.93. The van der Waals surface area contributed by atoms with Crippen LogP contribution in [0.25, 0.3) is 10.9 Å². The van der Waals surface area contributed by atoms with E-state index in [0.29, 0.717) is 22.0 Å². The van der Waals surface area contributed by atoms with Crippen LogP contribution in [0.2, 0.25) is 5.02 Å². The number of aromatic nitrogens is 1. The minimum atomic E-state index is -1.03. The highest BCUT2D eigenvalue weighted by Crippen LogP contribution is 2.29. The first-order chi connectivity index (χ1) is 12.8. The molecule has 2 rings (SSSR count). The molecule has 0 atom stereocenters. The maximum Gasteiger partial charge on any atom is 0.284 e. The zero-order chi connectivity index (χ0) is 20.1. The molecule has 27 heavy (non-hydrogen) atoms. The van der Waals surface area contributed by atoms with E-state index in [-0.39, 0.29) is 11.8 Å². The SMILES string of the molecule is CCCCCCCC(=O)N(N)C(=O)c1c(O)c2cc(Cl)ccc2n(C)c1=O. The molecule has 3 N–H and O–H groups in total. The highest BCUT2D eigenvalue weighted by Gasteiger charge is 2.27. The summed E-state index contributed by atoms with van der Waals surface area (Å²) in [5.41, 5.74) is -0.878. The van der Waals surface area contributed by atoms with Crippen LogP contribution in [0.15, 0.2) is 23.0 Å². The summed E-state index contributed by atoms with van der Waals surface area (Å²) in [6.07, 6.45) is 4.76. The molecule has 0 fully saturated rings. The van der Waals surface area contributed by atoms with Crippen LogP contribution in [0.5, 0.6) is 5.75 Å². The molecule has 1 aromatic carbocycles. The summed E-state index contributed by atoms with van der Waals surface area (Å²) in [5, 5.41) is 11.4. The van der Waals surface area contributed by atoms with Crippen LogP contribution >= 0.6 is 11.6 Å². The molecule has 2 aromatic rings. The summed E-state index contributed by atoms with van der Waals surface area (Å²) in [5.74, 6) is 3.48. The predicted octanol–water partition coefficient (Wildman–Crippen LogP) is 3.10. The van der Waals surface area contributed by atoms with Crippen molar-refractivity contribution in [1.82, 2.24) is 9.58 Å². The van der Waals surface area contributed by atoms with E-state index in [0.717, 1.165) is 25.7 Å². The second kappa shape index (κ2) is 9.01. The Morgan fingerprint density at radius 1 is 1.22 bits per heavy atom. The number of nitrogens with two attached hydrogens (primary N) is 1. The van der Waals surface area contributed by atoms with Crippen molar-refractivity contribution in [3.05, 3.63) is 39.1 Å². The molecule has 8 heteroatoms. The standard InChI is InChI=1S/C19H24ClN3O4/c1-3-4-5-6-7-8-15(24)23(21)19(27)16-17(25)13-11-12(20)9-10-14(13)22(2)18(16)26/h9-11,25H,3-8,21H2,1-2H3. The van der Waals surface area contributed by atoms with Crippen LogP contribution < -0.4 is 11.4 Å². The molecule has 0 spiro atoms. The van der Waals surface area contributed by atoms with Crippen LogP contribution in [0.1, 0.15) is 55.8 Å². The van der Waals surface area contributed by atoms with Crippen LogP contribution in [0.4, 0.5) is 0 Å². The Bertz CT molecular complexity index is 923. The first-order valence-electron chi connectivity index (χ1n) is 8.92. The average Bonchev–Trinajstić information content (AvgIpc) is 2.65. The van der Waals surface area contributed by atoms with Crippen molar-refractivity contribution in [2.75, 3.05) is 0 Å². The number of nitrogens with zero attached hydrogens (tertiary/aromatic N) is 2. The summed E-state index contributed by atoms with van der Waals surface area (Å²) in [4.78, 5) is 37.3. The third kappa shape index (κ3) is 4.48. The van der Waals surface area contributed by atoms with E-state index >= 15 is 0 Å². The number of aryl methyl sites for hydroxylation is 1. The number of hydrazine groups is 1. The molecule has 0 unspecified atom stereocenters. The van der Waals surface area contributed by atoms with Gasteiger partial charge in [0, 0.05) is 23.9 Å². The van der Waals surface area contributed by atoms with Crippen molar-refractivity contribution < 1.29 is 14.7 Å². The second-order valence-corrected chi connectivity index (χ2v) is 6.92. The molecule has 0 aliphatic carbocycles. The molecule has 7 nitrogen and oxygen atoms in total. The van der Waals surface area contributed by atoms with Gasteiger partial charge >= 0.3 is 0 Å². The van der Waals surface area contributed by atoms with Crippen molar-refractivity contribution in [3.63, 3.8) is 0 Å². The Labute approximate surface area is 162 Å². The Morgan fingerprint density at radius 3 is 2.56 bits per heavy atom. The number of fused-ring (bicyclic) bond motifs is 1. The van der Waals surface area contributed by atoms with Gasteiger partial charge in [0.2, 0.25) is 5.91 Å². The van der Waals surface area contributed by atoms with E-state index in [4.69, 9.17) is 17.4 Å². The average molecular weight is 394 g/mol. The van der Waals surface area contributed by atoms with Crippen LogP contribution in [0, 0.1) is 0 Å². The van der Waals surface area contributed by atoms with Gasteiger partial charge in [-0.3, -0.25) is 14.4 Å². The topological polar surface area (TPSA) is 106 Å². The predicted molar refractivity (Wildman–Crippen MR) is 105 cm³/mol. The third-order valence-electron chi connectivity index (χ3n) is 4.53. The van der Waals surface area contributed by atoms with E-state index in [9.17, 15) is 19.5 Å². The third-order valence-corrected chi connectivity index (χ3v) is 4.76. The first-order valence-corrected chi connectivity index (χ1v) is 9.30. The van der Waals surface area contributed by atoms with E-state index in [1.165, 1.54) is 17.7 Å². The fourth-order valence-corrected chi connectivity index (χ4v) is 3.10. The molecule has 1 aromatic heterocycles. The Kier molecular flexibility index (Phi) is 6.98. The van der Waals surface area contributed by atoms with Crippen molar-refractivity contribution in [1.29, 1.82) is 0 Å². The molecule has 0 aliphatic heterocycles. The number of hydrogen-bond donors (Lipinski definition) is 2. The van der Waals surface area contributed by atoms with E-state index in [2.05, 4.69) is 6.92 Å². The maximum absolute atomic E-state index is 12.6. The van der Waals surface area contributed by atoms with E-state index in [1.54, 1.807) is 12.1 Å². The maximum atomic E-state index is 12.6. The molecule has 0 aliphatic rings. The van der Waals surface area contributed by atoms with Crippen molar-refractivity contribution in [2.24, 2.45) is 12.9 Å². The number of carbonyl (C=O) groups is 2. The lowest BCUT2D eigenvalue weighted by molar-refractivity contribution is -0.129. The lowest BCUT2D eigenvalue weighted by Crippen LogP contribution is -2.45. The van der Waals surface area contributed by atoms with Crippen molar-refractivity contribution in [3.8, 4) is 5.75 Å². The summed E-state index contributed by atoms with van der Waals surface area (Å²) in [7, 11) is 1.46. The van der Waals surface area contributed by atoms with Gasteiger partial charge in [-0.1, -0.05) is 44.2 Å². The molecule has 0 saturated heterocycles. The molecular formula is C19H24ClN3O4. The largest absolute Gasteiger partial charge is 0.506 e. The van der Waals surface area contributed by atoms with Gasteiger partial charge in [0.1, 0.15) is 11.3 Å². The van der Waals surface area contributed by atoms with Crippen LogP contribution in [-0.4, -0.2) is 26.5 Å². The van der Waals surface area contributed by atoms with Gasteiger partial charge in [0.25, 0.3) is 11.5 Å². The van der Waals surface area contributed by atoms with Gasteiger partial charge in [0.15, 0.2) is 0 Å². The summed E-state index contributed by atoms with van der Waals surface area (Å²) in [6, 6.07) is 4.58. The monoisotopic (exact) mass is 393 g/mol. The number of rotatable bonds is 7. The van der Waals surface area contributed by atoms with Gasteiger partial charge in [-0.15, -0.1) is 0 Å². The minimum Gasteiger partial charge on any atom is -0.506 e. The number of pyridine rings is 1. The number of amides is 2. The molecular weight excluding hydrogens is 370 g/mol. The molecule has 0 bridgehead atoms. The number of benzene rings is 1. The quantitative estimate of drug-likeness (QED) is 0.325. The number of halogens is 1. The Hall–Kier alpha value is -2.38. The van der Waals surface area contributed by atoms with Gasteiger partial charge < -0.3 is 9.67 Å². The number of hydrogen-bond acceptors (Lipinski definition) is 5. The molecule has 0 radical (unpaired) electrons. The number of unbranched alkanes of at least 4 members (excludes halogenated alkanes) is 4. The zero-order valence-corrected chi connectivity index (χ0v) is 16.3.